The van der Waals surface area contributed by atoms with Crippen LogP contribution in [0.5, 0.6) is 0 Å². The van der Waals surface area contributed by atoms with Gasteiger partial charge in [-0.25, -0.2) is 4.98 Å². The molecule has 4 nitrogen and oxygen atoms in total. The molecule has 3 rings (SSSR count). The fourth-order valence-electron chi connectivity index (χ4n) is 2.50. The maximum absolute atomic E-state index is 12.2. The van der Waals surface area contributed by atoms with Crippen LogP contribution in [0, 0.1) is 12.8 Å². The van der Waals surface area contributed by atoms with Crippen LogP contribution in [-0.2, 0) is 9.59 Å². The summed E-state index contributed by atoms with van der Waals surface area (Å²) < 4.78 is 1.11. The normalized spacial score (nSPS) is 18.7. The van der Waals surface area contributed by atoms with Crippen molar-refractivity contribution in [1.82, 2.24) is 4.98 Å². The summed E-state index contributed by atoms with van der Waals surface area (Å²) in [5.41, 5.74) is 2.11. The van der Waals surface area contributed by atoms with Crippen LogP contribution < -0.4 is 4.90 Å². The zero-order valence-electron chi connectivity index (χ0n) is 12.0. The number of thiazole rings is 1. The van der Waals surface area contributed by atoms with Gasteiger partial charge in [-0.05, 0) is 24.5 Å². The number of thioether (sulfide) groups is 1. The Hall–Kier alpha value is -1.40. The van der Waals surface area contributed by atoms with Crippen molar-refractivity contribution in [2.75, 3.05) is 17.2 Å². The van der Waals surface area contributed by atoms with E-state index in [2.05, 4.69) is 4.98 Å². The van der Waals surface area contributed by atoms with Crippen LogP contribution >= 0.6 is 23.1 Å². The Kier molecular flexibility index (Phi) is 3.99. The van der Waals surface area contributed by atoms with Gasteiger partial charge in [-0.2, -0.15) is 0 Å². The van der Waals surface area contributed by atoms with Crippen molar-refractivity contribution in [3.8, 4) is 0 Å². The quantitative estimate of drug-likeness (QED) is 0.871. The zero-order valence-corrected chi connectivity index (χ0v) is 13.6. The van der Waals surface area contributed by atoms with Crippen LogP contribution in [0.3, 0.4) is 0 Å². The lowest BCUT2D eigenvalue weighted by atomic mass is 10.1. The van der Waals surface area contributed by atoms with Crippen LogP contribution in [0.4, 0.5) is 5.13 Å². The number of fused-ring (bicyclic) bond motifs is 1. The second-order valence-electron chi connectivity index (χ2n) is 5.30. The minimum atomic E-state index is 0.108. The highest BCUT2D eigenvalue weighted by Crippen LogP contribution is 2.34. The van der Waals surface area contributed by atoms with Gasteiger partial charge >= 0.3 is 0 Å². The average Bonchev–Trinajstić information content (AvgIpc) is 3.00. The van der Waals surface area contributed by atoms with Crippen molar-refractivity contribution >= 4 is 49.5 Å². The van der Waals surface area contributed by atoms with Crippen molar-refractivity contribution in [3.05, 3.63) is 23.8 Å². The second kappa shape index (κ2) is 5.77. The van der Waals surface area contributed by atoms with E-state index in [4.69, 9.17) is 0 Å². The molecule has 1 atom stereocenters. The molecule has 6 heteroatoms. The van der Waals surface area contributed by atoms with Gasteiger partial charge in [0, 0.05) is 25.6 Å². The van der Waals surface area contributed by atoms with Crippen LogP contribution in [0.25, 0.3) is 10.2 Å². The summed E-state index contributed by atoms with van der Waals surface area (Å²) in [6.45, 7) is 4.26. The molecule has 0 aliphatic carbocycles. The summed E-state index contributed by atoms with van der Waals surface area (Å²) in [7, 11) is 0. The molecule has 0 saturated carbocycles. The predicted molar refractivity (Wildman–Crippen MR) is 88.0 cm³/mol. The Morgan fingerprint density at radius 2 is 2.33 bits per heavy atom. The largest absolute Gasteiger partial charge is 0.288 e. The first kappa shape index (κ1) is 14.5. The minimum Gasteiger partial charge on any atom is -0.288 e. The molecule has 0 bridgehead atoms. The van der Waals surface area contributed by atoms with E-state index in [0.717, 1.165) is 20.9 Å². The Morgan fingerprint density at radius 1 is 1.52 bits per heavy atom. The number of carbonyl (C=O) groups excluding carboxylic acids is 2. The molecule has 1 unspecified atom stereocenters. The summed E-state index contributed by atoms with van der Waals surface area (Å²) in [5, 5.41) is 0.885. The second-order valence-corrected chi connectivity index (χ2v) is 7.50. The number of nitrogens with zero attached hydrogens (tertiary/aromatic N) is 2. The van der Waals surface area contributed by atoms with E-state index in [9.17, 15) is 9.59 Å². The molecule has 21 heavy (non-hydrogen) atoms. The highest BCUT2D eigenvalue weighted by atomic mass is 32.2. The van der Waals surface area contributed by atoms with Crippen LogP contribution in [0.2, 0.25) is 0 Å². The van der Waals surface area contributed by atoms with Crippen molar-refractivity contribution in [2.24, 2.45) is 5.92 Å². The fourth-order valence-corrected chi connectivity index (χ4v) is 4.27. The van der Waals surface area contributed by atoms with Gasteiger partial charge in [0.25, 0.3) is 0 Å². The van der Waals surface area contributed by atoms with Gasteiger partial charge in [0.15, 0.2) is 10.2 Å². The lowest BCUT2D eigenvalue weighted by molar-refractivity contribution is -0.117. The molecule has 1 aromatic heterocycles. The monoisotopic (exact) mass is 320 g/mol. The summed E-state index contributed by atoms with van der Waals surface area (Å²) in [6, 6.07) is 6.08. The van der Waals surface area contributed by atoms with Gasteiger partial charge in [0.2, 0.25) is 5.91 Å². The maximum Gasteiger partial charge on any atom is 0.229 e. The van der Waals surface area contributed by atoms with Gasteiger partial charge in [-0.1, -0.05) is 35.2 Å². The molecule has 1 fully saturated rings. The first-order valence-corrected chi connectivity index (χ1v) is 8.64. The van der Waals surface area contributed by atoms with E-state index in [1.165, 1.54) is 11.8 Å². The number of rotatable bonds is 3. The third-order valence-electron chi connectivity index (χ3n) is 3.57. The van der Waals surface area contributed by atoms with Crippen LogP contribution in [-0.4, -0.2) is 28.3 Å². The predicted octanol–water partition coefficient (Wildman–Crippen LogP) is 3.24. The van der Waals surface area contributed by atoms with E-state index in [1.54, 1.807) is 23.2 Å². The molecule has 0 spiro atoms. The maximum atomic E-state index is 12.2. The molecule has 2 aromatic rings. The molecular weight excluding hydrogens is 304 g/mol. The third kappa shape index (κ3) is 2.96. The van der Waals surface area contributed by atoms with E-state index in [0.29, 0.717) is 18.7 Å². The van der Waals surface area contributed by atoms with Crippen molar-refractivity contribution in [1.29, 1.82) is 0 Å². The van der Waals surface area contributed by atoms with Crippen molar-refractivity contribution < 1.29 is 9.59 Å². The Balaban J connectivity index is 1.81. The number of amides is 1. The fraction of sp³-hybridized carbons (Fsp3) is 0.400. The number of hydrogen-bond acceptors (Lipinski definition) is 5. The third-order valence-corrected chi connectivity index (χ3v) is 5.66. The van der Waals surface area contributed by atoms with Gasteiger partial charge in [0.1, 0.15) is 0 Å². The highest BCUT2D eigenvalue weighted by molar-refractivity contribution is 8.13. The smallest absolute Gasteiger partial charge is 0.229 e. The molecular formula is C15H16N2O2S2. The Labute approximate surface area is 131 Å². The number of carbonyl (C=O) groups is 2. The number of hydrogen-bond donors (Lipinski definition) is 0. The zero-order chi connectivity index (χ0) is 15.0. The van der Waals surface area contributed by atoms with E-state index in [-0.39, 0.29) is 16.9 Å². The molecule has 110 valence electrons. The van der Waals surface area contributed by atoms with Crippen molar-refractivity contribution in [2.45, 2.75) is 20.3 Å². The molecule has 1 aromatic carbocycles. The first-order chi connectivity index (χ1) is 10.0. The highest BCUT2D eigenvalue weighted by Gasteiger charge is 2.32. The SMILES string of the molecule is CC(=O)SCC1CC(=O)N(c2nc3c(C)cccc3s2)C1. The van der Waals surface area contributed by atoms with Crippen LogP contribution in [0.15, 0.2) is 18.2 Å². The number of para-hydroxylation sites is 1. The van der Waals surface area contributed by atoms with Crippen molar-refractivity contribution in [3.63, 3.8) is 0 Å². The molecule has 1 saturated heterocycles. The number of anilines is 1. The molecule has 0 N–H and O–H groups in total. The number of aryl methyl sites for hydroxylation is 1. The minimum absolute atomic E-state index is 0.108. The Morgan fingerprint density at radius 3 is 3.05 bits per heavy atom. The lowest BCUT2D eigenvalue weighted by Crippen LogP contribution is -2.24. The van der Waals surface area contributed by atoms with E-state index in [1.807, 2.05) is 25.1 Å². The molecule has 1 aliphatic rings. The summed E-state index contributed by atoms with van der Waals surface area (Å²) >= 11 is 2.86. The molecule has 0 radical (unpaired) electrons. The number of aromatic nitrogens is 1. The molecule has 1 aliphatic heterocycles. The van der Waals surface area contributed by atoms with Gasteiger partial charge < -0.3 is 0 Å². The standard InChI is InChI=1S/C15H16N2O2S2/c1-9-4-3-5-12-14(9)16-15(21-12)17-7-11(6-13(17)19)8-20-10(2)18/h3-5,11H,6-8H2,1-2H3. The summed E-state index contributed by atoms with van der Waals surface area (Å²) in [4.78, 5) is 29.6. The summed E-state index contributed by atoms with van der Waals surface area (Å²) in [6.07, 6.45) is 0.509. The van der Waals surface area contributed by atoms with Gasteiger partial charge in [-0.15, -0.1) is 0 Å². The van der Waals surface area contributed by atoms with E-state index < -0.39 is 0 Å². The van der Waals surface area contributed by atoms with Gasteiger partial charge in [-0.3, -0.25) is 14.5 Å². The average molecular weight is 320 g/mol. The van der Waals surface area contributed by atoms with E-state index >= 15 is 0 Å². The lowest BCUT2D eigenvalue weighted by Gasteiger charge is -2.12. The number of benzene rings is 1. The first-order valence-electron chi connectivity index (χ1n) is 6.84. The molecule has 1 amide bonds. The topological polar surface area (TPSA) is 50.3 Å². The van der Waals surface area contributed by atoms with Crippen LogP contribution in [0.1, 0.15) is 18.9 Å². The Bertz CT molecular complexity index is 711. The van der Waals surface area contributed by atoms with Gasteiger partial charge in [0.05, 0.1) is 10.2 Å². The summed E-state index contributed by atoms with van der Waals surface area (Å²) in [5.74, 6) is 1.06. The molecule has 2 heterocycles.